The molecule has 1 aromatic carbocycles. The van der Waals surface area contributed by atoms with Crippen molar-refractivity contribution in [3.8, 4) is 17.1 Å². The fourth-order valence-electron chi connectivity index (χ4n) is 1.87. The molecule has 0 aliphatic rings. The molecule has 0 fully saturated rings. The molecule has 2 aromatic heterocycles. The van der Waals surface area contributed by atoms with Gasteiger partial charge in [-0.15, -0.1) is 5.10 Å². The number of benzene rings is 1. The predicted octanol–water partition coefficient (Wildman–Crippen LogP) is 4.15. The lowest BCUT2D eigenvalue weighted by Gasteiger charge is -2.07. The second-order valence-electron chi connectivity index (χ2n) is 4.11. The molecule has 0 spiro atoms. The molecule has 5 nitrogen and oxygen atoms in total. The normalized spacial score (nSPS) is 11.0. The minimum Gasteiger partial charge on any atom is -0.463 e. The van der Waals surface area contributed by atoms with Crippen LogP contribution in [0.1, 0.15) is 6.92 Å². The smallest absolute Gasteiger partial charge is 0.337 e. The molecule has 0 aliphatic carbocycles. The summed E-state index contributed by atoms with van der Waals surface area (Å²) in [6, 6.07) is 7.32. The van der Waals surface area contributed by atoms with Crippen LogP contribution in [0.5, 0.6) is 6.01 Å². The molecule has 0 atom stereocenters. The third kappa shape index (κ3) is 2.64. The first-order valence-corrected chi connectivity index (χ1v) is 7.24. The number of nitrogens with zero attached hydrogens (tertiary/aromatic N) is 4. The number of ether oxygens (including phenoxy) is 1. The summed E-state index contributed by atoms with van der Waals surface area (Å²) in [6.45, 7) is 2.29. The molecular formula is C13H9Cl3N4O. The standard InChI is InChI=1S/C13H9Cl3N4O/c1-2-21-13-18-12-17-10(15)9(11(16)20(12)19-13)7-3-5-8(14)6-4-7/h3-6H,2H2,1H3. The van der Waals surface area contributed by atoms with Crippen molar-refractivity contribution in [1.82, 2.24) is 19.6 Å². The molecule has 21 heavy (non-hydrogen) atoms. The molecule has 3 aromatic rings. The molecule has 0 saturated carbocycles. The van der Waals surface area contributed by atoms with Crippen LogP contribution in [0.4, 0.5) is 0 Å². The number of aromatic nitrogens is 4. The largest absolute Gasteiger partial charge is 0.463 e. The van der Waals surface area contributed by atoms with Crippen LogP contribution in [0.15, 0.2) is 24.3 Å². The van der Waals surface area contributed by atoms with E-state index in [1.165, 1.54) is 4.52 Å². The highest BCUT2D eigenvalue weighted by Crippen LogP contribution is 2.34. The molecule has 0 saturated heterocycles. The highest BCUT2D eigenvalue weighted by atomic mass is 35.5. The van der Waals surface area contributed by atoms with E-state index in [1.54, 1.807) is 12.1 Å². The maximum absolute atomic E-state index is 6.38. The maximum atomic E-state index is 6.38. The van der Waals surface area contributed by atoms with Gasteiger partial charge in [-0.05, 0) is 24.6 Å². The van der Waals surface area contributed by atoms with E-state index in [2.05, 4.69) is 15.1 Å². The molecule has 0 aliphatic heterocycles. The first-order chi connectivity index (χ1) is 10.1. The van der Waals surface area contributed by atoms with Crippen molar-refractivity contribution in [3.63, 3.8) is 0 Å². The zero-order valence-corrected chi connectivity index (χ0v) is 13.1. The zero-order chi connectivity index (χ0) is 15.0. The highest BCUT2D eigenvalue weighted by Gasteiger charge is 2.17. The minimum absolute atomic E-state index is 0.205. The molecule has 0 unspecified atom stereocenters. The number of rotatable bonds is 3. The first-order valence-electron chi connectivity index (χ1n) is 6.10. The quantitative estimate of drug-likeness (QED) is 0.670. The second-order valence-corrected chi connectivity index (χ2v) is 5.27. The monoisotopic (exact) mass is 342 g/mol. The summed E-state index contributed by atoms with van der Waals surface area (Å²) in [4.78, 5) is 8.30. The van der Waals surface area contributed by atoms with Crippen LogP contribution in [0.2, 0.25) is 15.3 Å². The number of hydrogen-bond donors (Lipinski definition) is 0. The predicted molar refractivity (Wildman–Crippen MR) is 82.4 cm³/mol. The van der Waals surface area contributed by atoms with Crippen LogP contribution < -0.4 is 4.74 Å². The SMILES string of the molecule is CCOc1nc2nc(Cl)c(-c3ccc(Cl)cc3)c(Cl)n2n1. The van der Waals surface area contributed by atoms with Crippen LogP contribution in [0.3, 0.4) is 0 Å². The van der Waals surface area contributed by atoms with E-state index >= 15 is 0 Å². The van der Waals surface area contributed by atoms with Gasteiger partial charge in [0.25, 0.3) is 5.78 Å². The van der Waals surface area contributed by atoms with Crippen LogP contribution in [-0.4, -0.2) is 26.2 Å². The lowest BCUT2D eigenvalue weighted by atomic mass is 10.1. The summed E-state index contributed by atoms with van der Waals surface area (Å²) in [7, 11) is 0. The Hall–Kier alpha value is -1.56. The molecular weight excluding hydrogens is 335 g/mol. The van der Waals surface area contributed by atoms with Crippen LogP contribution in [0.25, 0.3) is 16.9 Å². The number of halogens is 3. The van der Waals surface area contributed by atoms with Crippen LogP contribution >= 0.6 is 34.8 Å². The average Bonchev–Trinajstić information content (AvgIpc) is 2.84. The first kappa shape index (κ1) is 14.4. The summed E-state index contributed by atoms with van der Waals surface area (Å²) < 4.78 is 6.64. The number of hydrogen-bond acceptors (Lipinski definition) is 4. The van der Waals surface area contributed by atoms with E-state index in [0.29, 0.717) is 22.3 Å². The van der Waals surface area contributed by atoms with Crippen molar-refractivity contribution in [2.45, 2.75) is 6.92 Å². The Morgan fingerprint density at radius 1 is 1.10 bits per heavy atom. The Morgan fingerprint density at radius 2 is 1.81 bits per heavy atom. The topological polar surface area (TPSA) is 52.3 Å². The fourth-order valence-corrected chi connectivity index (χ4v) is 2.63. The fraction of sp³-hybridized carbons (Fsp3) is 0.154. The molecule has 0 radical (unpaired) electrons. The highest BCUT2D eigenvalue weighted by molar-refractivity contribution is 6.38. The van der Waals surface area contributed by atoms with E-state index in [1.807, 2.05) is 19.1 Å². The summed E-state index contributed by atoms with van der Waals surface area (Å²) in [5.41, 5.74) is 1.35. The number of fused-ring (bicyclic) bond motifs is 1. The van der Waals surface area contributed by atoms with Crippen molar-refractivity contribution < 1.29 is 4.74 Å². The van der Waals surface area contributed by atoms with Gasteiger partial charge >= 0.3 is 6.01 Å². The van der Waals surface area contributed by atoms with Gasteiger partial charge in [0, 0.05) is 5.02 Å². The summed E-state index contributed by atoms with van der Waals surface area (Å²) in [5, 5.41) is 5.33. The Labute approximate surface area is 135 Å². The van der Waals surface area contributed by atoms with Crippen molar-refractivity contribution in [2.75, 3.05) is 6.61 Å². The molecule has 2 heterocycles. The van der Waals surface area contributed by atoms with Gasteiger partial charge in [0.15, 0.2) is 0 Å². The summed E-state index contributed by atoms with van der Waals surface area (Å²) in [6.07, 6.45) is 0. The van der Waals surface area contributed by atoms with Crippen molar-refractivity contribution in [1.29, 1.82) is 0 Å². The Bertz CT molecular complexity index is 801. The summed E-state index contributed by atoms with van der Waals surface area (Å²) >= 11 is 18.5. The van der Waals surface area contributed by atoms with Gasteiger partial charge in [-0.25, -0.2) is 0 Å². The third-order valence-electron chi connectivity index (χ3n) is 2.77. The van der Waals surface area contributed by atoms with Gasteiger partial charge in [0.05, 0.1) is 12.2 Å². The van der Waals surface area contributed by atoms with Crippen molar-refractivity contribution >= 4 is 40.6 Å². The van der Waals surface area contributed by atoms with Gasteiger partial charge < -0.3 is 4.74 Å². The van der Waals surface area contributed by atoms with E-state index in [4.69, 9.17) is 39.5 Å². The van der Waals surface area contributed by atoms with E-state index < -0.39 is 0 Å². The molecule has 0 bridgehead atoms. The van der Waals surface area contributed by atoms with Crippen molar-refractivity contribution in [2.24, 2.45) is 0 Å². The lowest BCUT2D eigenvalue weighted by Crippen LogP contribution is -1.98. The van der Waals surface area contributed by atoms with Crippen molar-refractivity contribution in [3.05, 3.63) is 39.6 Å². The molecule has 0 N–H and O–H groups in total. The zero-order valence-electron chi connectivity index (χ0n) is 10.8. The van der Waals surface area contributed by atoms with Gasteiger partial charge in [0.1, 0.15) is 10.3 Å². The molecule has 8 heteroatoms. The Balaban J connectivity index is 2.20. The van der Waals surface area contributed by atoms with E-state index in [9.17, 15) is 0 Å². The summed E-state index contributed by atoms with van der Waals surface area (Å²) in [5.74, 6) is 0.283. The minimum atomic E-state index is 0.205. The molecule has 108 valence electrons. The molecule has 3 rings (SSSR count). The maximum Gasteiger partial charge on any atom is 0.337 e. The Kier molecular flexibility index (Phi) is 3.89. The van der Waals surface area contributed by atoms with Gasteiger partial charge in [-0.1, -0.05) is 46.9 Å². The van der Waals surface area contributed by atoms with Gasteiger partial charge in [-0.2, -0.15) is 14.5 Å². The average molecular weight is 344 g/mol. The Morgan fingerprint density at radius 3 is 2.48 bits per heavy atom. The van der Waals surface area contributed by atoms with E-state index in [0.717, 1.165) is 5.56 Å². The van der Waals surface area contributed by atoms with Gasteiger partial charge in [0.2, 0.25) is 0 Å². The second kappa shape index (κ2) is 5.67. The van der Waals surface area contributed by atoms with Gasteiger partial charge in [-0.3, -0.25) is 0 Å². The van der Waals surface area contributed by atoms with E-state index in [-0.39, 0.29) is 16.9 Å². The lowest BCUT2D eigenvalue weighted by molar-refractivity contribution is 0.313. The van der Waals surface area contributed by atoms with Crippen LogP contribution in [-0.2, 0) is 0 Å². The third-order valence-corrected chi connectivity index (χ3v) is 3.65. The van der Waals surface area contributed by atoms with Crippen LogP contribution in [0, 0.1) is 0 Å². The molecule has 0 amide bonds.